The zero-order valence-electron chi connectivity index (χ0n) is 25.0. The molecule has 0 N–H and O–H groups in total. The molecule has 0 bridgehead atoms. The van der Waals surface area contributed by atoms with Gasteiger partial charge in [-0.1, -0.05) is 36.4 Å². The first-order valence-electron chi connectivity index (χ1n) is 14.9. The Hall–Kier alpha value is -4.04. The van der Waals surface area contributed by atoms with Gasteiger partial charge in [0.05, 0.1) is 11.2 Å². The Labute approximate surface area is 247 Å². The molecule has 2 aromatic carbocycles. The van der Waals surface area contributed by atoms with E-state index < -0.39 is 5.60 Å². The standard InChI is InChI=1S/C34H40N4O4/c1-34(2,3)42-33(40)38-16-8-11-26(38)21-36-17-15-30-29(22-36)28-13-12-25(19-31(28)35(30)4)37-18-14-27(20-32(37)39)41-23-24-9-6-5-7-10-24/h5-7,9-10,12-14,18-20,26H,8,11,15-17,21-23H2,1-4H3/t26-/m0/s1. The van der Waals surface area contributed by atoms with E-state index in [-0.39, 0.29) is 17.7 Å². The van der Waals surface area contributed by atoms with Crippen molar-refractivity contribution >= 4 is 17.0 Å². The topological polar surface area (TPSA) is 68.9 Å². The smallest absolute Gasteiger partial charge is 0.410 e. The van der Waals surface area contributed by atoms with Crippen LogP contribution in [0.5, 0.6) is 5.75 Å². The molecule has 0 spiro atoms. The lowest BCUT2D eigenvalue weighted by Crippen LogP contribution is -2.46. The van der Waals surface area contributed by atoms with E-state index in [0.717, 1.165) is 62.2 Å². The van der Waals surface area contributed by atoms with Crippen molar-refractivity contribution in [2.75, 3.05) is 19.6 Å². The monoisotopic (exact) mass is 568 g/mol. The van der Waals surface area contributed by atoms with E-state index in [1.165, 1.54) is 16.6 Å². The number of aromatic nitrogens is 2. The molecule has 2 aromatic heterocycles. The number of amides is 1. The minimum Gasteiger partial charge on any atom is -0.489 e. The van der Waals surface area contributed by atoms with Crippen molar-refractivity contribution in [3.05, 3.63) is 94.0 Å². The first-order valence-corrected chi connectivity index (χ1v) is 14.9. The summed E-state index contributed by atoms with van der Waals surface area (Å²) in [6.45, 7) is 9.58. The van der Waals surface area contributed by atoms with Crippen molar-refractivity contribution in [1.29, 1.82) is 0 Å². The van der Waals surface area contributed by atoms with Crippen LogP contribution in [0.25, 0.3) is 16.6 Å². The quantitative estimate of drug-likeness (QED) is 0.300. The van der Waals surface area contributed by atoms with Gasteiger partial charge in [0.15, 0.2) is 0 Å². The molecule has 4 aromatic rings. The molecular weight excluding hydrogens is 528 g/mol. The third-order valence-electron chi connectivity index (χ3n) is 8.36. The van der Waals surface area contributed by atoms with Gasteiger partial charge in [0, 0.05) is 69.0 Å². The minimum atomic E-state index is -0.491. The van der Waals surface area contributed by atoms with Crippen LogP contribution in [0.15, 0.2) is 71.7 Å². The Morgan fingerprint density at radius 1 is 1.02 bits per heavy atom. The molecule has 0 saturated carbocycles. The van der Waals surface area contributed by atoms with E-state index >= 15 is 0 Å². The number of pyridine rings is 1. The highest BCUT2D eigenvalue weighted by Crippen LogP contribution is 2.32. The van der Waals surface area contributed by atoms with Gasteiger partial charge in [-0.15, -0.1) is 0 Å². The van der Waals surface area contributed by atoms with Gasteiger partial charge in [0.1, 0.15) is 18.0 Å². The molecular formula is C34H40N4O4. The number of fused-ring (bicyclic) bond motifs is 3. The summed E-state index contributed by atoms with van der Waals surface area (Å²) in [7, 11) is 2.12. The molecule has 0 aliphatic carbocycles. The Morgan fingerprint density at radius 3 is 2.60 bits per heavy atom. The van der Waals surface area contributed by atoms with Crippen LogP contribution in [-0.4, -0.2) is 56.3 Å². The average molecular weight is 569 g/mol. The number of hydrogen-bond acceptors (Lipinski definition) is 5. The average Bonchev–Trinajstić information content (AvgIpc) is 3.54. The van der Waals surface area contributed by atoms with E-state index in [2.05, 4.69) is 28.6 Å². The SMILES string of the molecule is Cn1c2c(c3ccc(-n4ccc(OCc5ccccc5)cc4=O)cc31)CN(C[C@@H]1CCCN1C(=O)OC(C)(C)C)CC2. The Morgan fingerprint density at radius 2 is 1.83 bits per heavy atom. The summed E-state index contributed by atoms with van der Waals surface area (Å²) in [5.74, 6) is 0.558. The second kappa shape index (κ2) is 11.3. The number of benzene rings is 2. The number of ether oxygens (including phenoxy) is 2. The van der Waals surface area contributed by atoms with Crippen LogP contribution in [0.1, 0.15) is 50.4 Å². The first kappa shape index (κ1) is 28.1. The molecule has 42 heavy (non-hydrogen) atoms. The van der Waals surface area contributed by atoms with E-state index in [1.54, 1.807) is 16.8 Å². The summed E-state index contributed by atoms with van der Waals surface area (Å²) in [5, 5.41) is 1.22. The maximum absolute atomic E-state index is 13.1. The lowest BCUT2D eigenvalue weighted by molar-refractivity contribution is 0.0192. The highest BCUT2D eigenvalue weighted by molar-refractivity contribution is 5.87. The zero-order chi connectivity index (χ0) is 29.4. The predicted molar refractivity (Wildman–Crippen MR) is 164 cm³/mol. The van der Waals surface area contributed by atoms with Crippen LogP contribution in [-0.2, 0) is 31.4 Å². The summed E-state index contributed by atoms with van der Waals surface area (Å²) in [6.07, 6.45) is 4.55. The molecule has 0 radical (unpaired) electrons. The number of likely N-dealkylation sites (tertiary alicyclic amines) is 1. The molecule has 0 unspecified atom stereocenters. The molecule has 1 atom stereocenters. The molecule has 220 valence electrons. The molecule has 8 heteroatoms. The molecule has 4 heterocycles. The van der Waals surface area contributed by atoms with E-state index in [9.17, 15) is 9.59 Å². The normalized spacial score (nSPS) is 17.4. The third-order valence-corrected chi connectivity index (χ3v) is 8.36. The molecule has 1 saturated heterocycles. The largest absolute Gasteiger partial charge is 0.489 e. The summed E-state index contributed by atoms with van der Waals surface area (Å²) in [6, 6.07) is 19.7. The van der Waals surface area contributed by atoms with Crippen LogP contribution in [0.2, 0.25) is 0 Å². The molecule has 2 aliphatic heterocycles. The van der Waals surface area contributed by atoms with Crippen LogP contribution < -0.4 is 10.3 Å². The van der Waals surface area contributed by atoms with E-state index in [1.807, 2.05) is 68.1 Å². The van der Waals surface area contributed by atoms with Crippen molar-refractivity contribution in [2.24, 2.45) is 7.05 Å². The summed E-state index contributed by atoms with van der Waals surface area (Å²) < 4.78 is 15.5. The minimum absolute atomic E-state index is 0.129. The fourth-order valence-corrected chi connectivity index (χ4v) is 6.31. The highest BCUT2D eigenvalue weighted by atomic mass is 16.6. The summed E-state index contributed by atoms with van der Waals surface area (Å²) in [5.41, 5.74) is 5.06. The molecule has 8 nitrogen and oxygen atoms in total. The Bertz CT molecular complexity index is 1650. The van der Waals surface area contributed by atoms with Gasteiger partial charge in [-0.2, -0.15) is 0 Å². The number of carbonyl (C=O) groups excluding carboxylic acids is 1. The van der Waals surface area contributed by atoms with Crippen molar-refractivity contribution in [3.63, 3.8) is 0 Å². The maximum atomic E-state index is 13.1. The Kier molecular flexibility index (Phi) is 7.58. The second-order valence-corrected chi connectivity index (χ2v) is 12.5. The van der Waals surface area contributed by atoms with E-state index in [4.69, 9.17) is 9.47 Å². The number of rotatable bonds is 6. The molecule has 6 rings (SSSR count). The van der Waals surface area contributed by atoms with Crippen molar-refractivity contribution in [1.82, 2.24) is 18.9 Å². The van der Waals surface area contributed by atoms with Gasteiger partial charge in [0.25, 0.3) is 5.56 Å². The van der Waals surface area contributed by atoms with Crippen LogP contribution in [0.4, 0.5) is 4.79 Å². The first-order chi connectivity index (χ1) is 20.2. The lowest BCUT2D eigenvalue weighted by Gasteiger charge is -2.34. The van der Waals surface area contributed by atoms with Crippen molar-refractivity contribution in [2.45, 2.75) is 64.8 Å². The number of aryl methyl sites for hydroxylation is 1. The van der Waals surface area contributed by atoms with Gasteiger partial charge in [-0.05, 0) is 62.9 Å². The van der Waals surface area contributed by atoms with Crippen LogP contribution >= 0.6 is 0 Å². The van der Waals surface area contributed by atoms with Gasteiger partial charge >= 0.3 is 6.09 Å². The third kappa shape index (κ3) is 5.81. The summed E-state index contributed by atoms with van der Waals surface area (Å²) in [4.78, 5) is 30.3. The summed E-state index contributed by atoms with van der Waals surface area (Å²) >= 11 is 0. The number of nitrogens with zero attached hydrogens (tertiary/aromatic N) is 4. The van der Waals surface area contributed by atoms with Gasteiger partial charge in [0.2, 0.25) is 0 Å². The predicted octanol–water partition coefficient (Wildman–Crippen LogP) is 5.67. The maximum Gasteiger partial charge on any atom is 0.410 e. The van der Waals surface area contributed by atoms with Crippen molar-refractivity contribution < 1.29 is 14.3 Å². The zero-order valence-corrected chi connectivity index (χ0v) is 25.0. The molecule has 2 aliphatic rings. The lowest BCUT2D eigenvalue weighted by atomic mass is 10.0. The highest BCUT2D eigenvalue weighted by Gasteiger charge is 2.34. The van der Waals surface area contributed by atoms with E-state index in [0.29, 0.717) is 12.4 Å². The number of carbonyl (C=O) groups is 1. The fourth-order valence-electron chi connectivity index (χ4n) is 6.31. The van der Waals surface area contributed by atoms with Gasteiger partial charge in [-0.25, -0.2) is 4.79 Å². The fraction of sp³-hybridized carbons (Fsp3) is 0.412. The van der Waals surface area contributed by atoms with Gasteiger partial charge in [-0.3, -0.25) is 14.3 Å². The molecule has 1 amide bonds. The van der Waals surface area contributed by atoms with Crippen LogP contribution in [0.3, 0.4) is 0 Å². The van der Waals surface area contributed by atoms with Gasteiger partial charge < -0.3 is 18.9 Å². The molecule has 1 fully saturated rings. The Balaban J connectivity index is 1.18. The van der Waals surface area contributed by atoms with Crippen LogP contribution in [0, 0.1) is 0 Å². The number of hydrogen-bond donors (Lipinski definition) is 0. The van der Waals surface area contributed by atoms with Crippen molar-refractivity contribution in [3.8, 4) is 11.4 Å². The second-order valence-electron chi connectivity index (χ2n) is 12.5.